The van der Waals surface area contributed by atoms with E-state index in [9.17, 15) is 0 Å². The molecule has 0 aliphatic rings. The summed E-state index contributed by atoms with van der Waals surface area (Å²) in [6.45, 7) is -2.90. The lowest BCUT2D eigenvalue weighted by molar-refractivity contribution is 0.0450. The molecule has 0 aliphatic heterocycles. The van der Waals surface area contributed by atoms with E-state index in [1.807, 2.05) is 0 Å². The van der Waals surface area contributed by atoms with Gasteiger partial charge in [0.15, 0.2) is 0 Å². The van der Waals surface area contributed by atoms with Crippen molar-refractivity contribution in [3.8, 4) is 0 Å². The van der Waals surface area contributed by atoms with Crippen molar-refractivity contribution in [3.05, 3.63) is 0 Å². The van der Waals surface area contributed by atoms with Crippen molar-refractivity contribution in [1.29, 1.82) is 0 Å². The summed E-state index contributed by atoms with van der Waals surface area (Å²) in [4.78, 5) is 0. The van der Waals surface area contributed by atoms with Gasteiger partial charge in [0.05, 0.1) is 15.9 Å². The van der Waals surface area contributed by atoms with Crippen molar-refractivity contribution in [1.82, 2.24) is 0 Å². The molecule has 38 valence electrons. The van der Waals surface area contributed by atoms with Crippen LogP contribution in [-0.4, -0.2) is 34.6 Å². The van der Waals surface area contributed by atoms with Crippen LogP contribution in [0, 0.1) is 0 Å². The molecule has 0 saturated carbocycles. The third-order valence-corrected chi connectivity index (χ3v) is 0.311. The highest BCUT2D eigenvalue weighted by Gasteiger charge is 1.93. The molecule has 0 aromatic rings. The van der Waals surface area contributed by atoms with Crippen LogP contribution >= 0.6 is 0 Å². The second-order valence-electron chi connectivity index (χ2n) is 0.779. The minimum Gasteiger partial charge on any atom is -0.394 e. The Labute approximate surface area is 38.7 Å². The van der Waals surface area contributed by atoms with Crippen molar-refractivity contribution in [2.45, 2.75) is 6.08 Å². The van der Waals surface area contributed by atoms with Crippen LogP contribution in [0.4, 0.5) is 0 Å². The van der Waals surface area contributed by atoms with Gasteiger partial charge in [0.2, 0.25) is 0 Å². The van der Waals surface area contributed by atoms with E-state index in [1.54, 1.807) is 0 Å². The monoisotopic (exact) mass is 95.1 g/mol. The quantitative estimate of drug-likeness (QED) is 0.359. The molecule has 3 nitrogen and oxygen atoms in total. The fourth-order valence-corrected chi connectivity index (χ4v) is 0.0408. The molecule has 0 aromatic heterocycles. The second-order valence-corrected chi connectivity index (χ2v) is 0.779. The fraction of sp³-hybridized carbons (Fsp3) is 1.00. The van der Waals surface area contributed by atoms with Gasteiger partial charge in [-0.25, -0.2) is 0 Å². The van der Waals surface area contributed by atoms with Gasteiger partial charge in [0.1, 0.15) is 6.08 Å². The van der Waals surface area contributed by atoms with Gasteiger partial charge in [-0.05, 0) is 0 Å². The lowest BCUT2D eigenvalue weighted by atomic mass is 10.6. The van der Waals surface area contributed by atoms with Crippen LogP contribution in [0.25, 0.3) is 0 Å². The molecule has 0 bridgehead atoms. The molecule has 0 aromatic carbocycles. The first kappa shape index (κ1) is 2.96. The van der Waals surface area contributed by atoms with E-state index < -0.39 is 19.3 Å². The van der Waals surface area contributed by atoms with E-state index in [4.69, 9.17) is 18.1 Å². The van der Waals surface area contributed by atoms with Crippen molar-refractivity contribution in [3.63, 3.8) is 0 Å². The molecule has 0 amide bonds. The zero-order valence-electron chi connectivity index (χ0n) is 5.13. The Morgan fingerprint density at radius 1 is 1.83 bits per heavy atom. The molecule has 3 N–H and O–H groups in total. The molecule has 6 heavy (non-hydrogen) atoms. The Bertz CT molecular complexity index is 72.9. The topological polar surface area (TPSA) is 60.7 Å². The van der Waals surface area contributed by atoms with Gasteiger partial charge >= 0.3 is 0 Å². The Morgan fingerprint density at radius 3 is 2.33 bits per heavy atom. The summed E-state index contributed by atoms with van der Waals surface area (Å²) in [6, 6.07) is 0. The predicted octanol–water partition coefficient (Wildman–Crippen LogP) is -1.67. The number of aliphatic hydroxyl groups excluding tert-OH is 2. The second kappa shape index (κ2) is 3.08. The zero-order valence-corrected chi connectivity index (χ0v) is 3.13. The van der Waals surface area contributed by atoms with Crippen LogP contribution in [0.2, 0.25) is 0 Å². The summed E-state index contributed by atoms with van der Waals surface area (Å²) in [6.07, 6.45) is -2.43. The standard InChI is InChI=1S/C3H8O3/c4-1-3(6)2-5/h3-6H,1-2H2/i1+1D,3D/t1?,3-/m1/s1. The lowest BCUT2D eigenvalue weighted by Crippen LogP contribution is -2.15. The van der Waals surface area contributed by atoms with E-state index >= 15 is 0 Å². The van der Waals surface area contributed by atoms with Gasteiger partial charge in [0, 0.05) is 0 Å². The zero-order chi connectivity index (χ0) is 6.78. The van der Waals surface area contributed by atoms with E-state index in [0.717, 1.165) is 0 Å². The van der Waals surface area contributed by atoms with Gasteiger partial charge in [-0.1, -0.05) is 0 Å². The van der Waals surface area contributed by atoms with E-state index in [-0.39, 0.29) is 0 Å². The van der Waals surface area contributed by atoms with Crippen molar-refractivity contribution >= 4 is 0 Å². The average Bonchev–Trinajstić information content (AvgIpc) is 1.67. The SMILES string of the molecule is [2H][13CH](O)[C@@]([2H])(O)CO. The maximum absolute atomic E-state index is 8.38. The van der Waals surface area contributed by atoms with Gasteiger partial charge in [-0.3, -0.25) is 0 Å². The van der Waals surface area contributed by atoms with Crippen LogP contribution in [-0.2, 0) is 0 Å². The molecule has 0 radical (unpaired) electrons. The average molecular weight is 95.1 g/mol. The highest BCUT2D eigenvalue weighted by atomic mass is 16.4. The summed E-state index contributed by atoms with van der Waals surface area (Å²) in [5.41, 5.74) is 0. The normalized spacial score (nSPS) is 29.8. The van der Waals surface area contributed by atoms with Crippen LogP contribution in [0.15, 0.2) is 0 Å². The number of rotatable bonds is 2. The third kappa shape index (κ3) is 2.14. The lowest BCUT2D eigenvalue weighted by Gasteiger charge is -1.96. The van der Waals surface area contributed by atoms with Crippen LogP contribution in [0.3, 0.4) is 0 Å². The minimum atomic E-state index is -2.43. The van der Waals surface area contributed by atoms with E-state index in [0.29, 0.717) is 0 Å². The highest BCUT2D eigenvalue weighted by molar-refractivity contribution is 4.43. The Hall–Kier alpha value is -0.120. The summed E-state index contributed by atoms with van der Waals surface area (Å²) >= 11 is 0. The van der Waals surface area contributed by atoms with E-state index in [2.05, 4.69) is 0 Å². The summed E-state index contributed by atoms with van der Waals surface area (Å²) in [5, 5.41) is 24.6. The van der Waals surface area contributed by atoms with Gasteiger partial charge in [-0.15, -0.1) is 0 Å². The Kier molecular flexibility index (Phi) is 1.52. The Morgan fingerprint density at radius 2 is 2.33 bits per heavy atom. The fourth-order valence-electron chi connectivity index (χ4n) is 0.0408. The number of aliphatic hydroxyl groups is 3. The number of hydrogen-bond donors (Lipinski definition) is 3. The Balaban J connectivity index is 3.71. The number of hydrogen-bond acceptors (Lipinski definition) is 3. The van der Waals surface area contributed by atoms with Crippen molar-refractivity contribution in [2.24, 2.45) is 0 Å². The third-order valence-electron chi connectivity index (χ3n) is 0.311. The molecule has 0 aliphatic carbocycles. The maximum Gasteiger partial charge on any atom is 0.100 e. The maximum atomic E-state index is 8.38. The molecular formula is C3H8O3. The van der Waals surface area contributed by atoms with E-state index in [1.165, 1.54) is 0 Å². The molecule has 1 unspecified atom stereocenters. The van der Waals surface area contributed by atoms with Gasteiger partial charge in [-0.2, -0.15) is 0 Å². The van der Waals surface area contributed by atoms with Crippen molar-refractivity contribution in [2.75, 3.05) is 13.2 Å². The first-order valence-electron chi connectivity index (χ1n) is 2.52. The largest absolute Gasteiger partial charge is 0.394 e. The van der Waals surface area contributed by atoms with Crippen LogP contribution in [0.5, 0.6) is 0 Å². The molecular weight excluding hydrogens is 85.0 g/mol. The predicted molar refractivity (Wildman–Crippen MR) is 20.2 cm³/mol. The molecule has 2 atom stereocenters. The first-order chi connectivity index (χ1) is 3.50. The molecule has 0 rings (SSSR count). The first-order valence-corrected chi connectivity index (χ1v) is 1.44. The summed E-state index contributed by atoms with van der Waals surface area (Å²) in [7, 11) is 0. The molecule has 0 saturated heterocycles. The van der Waals surface area contributed by atoms with Crippen LogP contribution < -0.4 is 0 Å². The minimum absolute atomic E-state index is 0.933. The summed E-state index contributed by atoms with van der Waals surface area (Å²) < 4.78 is 12.8. The molecule has 0 heterocycles. The molecule has 0 spiro atoms. The molecule has 0 fully saturated rings. The summed E-state index contributed by atoms with van der Waals surface area (Å²) in [5.74, 6) is 0. The smallest absolute Gasteiger partial charge is 0.100 e. The van der Waals surface area contributed by atoms with Crippen LogP contribution in [0.1, 0.15) is 2.74 Å². The van der Waals surface area contributed by atoms with Crippen molar-refractivity contribution < 1.29 is 18.1 Å². The molecule has 3 heteroatoms. The highest BCUT2D eigenvalue weighted by Crippen LogP contribution is 1.71. The van der Waals surface area contributed by atoms with Gasteiger partial charge in [0.25, 0.3) is 0 Å². The van der Waals surface area contributed by atoms with Gasteiger partial charge < -0.3 is 15.3 Å².